The molecule has 2 aliphatic heterocycles. The largest absolute Gasteiger partial charge is 0.396 e. The number of rotatable bonds is 3. The number of aliphatic hydroxyl groups is 1. The van der Waals surface area contributed by atoms with Crippen molar-refractivity contribution in [2.24, 2.45) is 0 Å². The van der Waals surface area contributed by atoms with Gasteiger partial charge in [0.15, 0.2) is 0 Å². The molecule has 1 N–H and O–H groups in total. The summed E-state index contributed by atoms with van der Waals surface area (Å²) in [6.07, 6.45) is 14.0. The Labute approximate surface area is 123 Å². The molecular formula is C17H31NO2. The molecule has 0 aromatic heterocycles. The maximum Gasteiger partial charge on any atom is 0.0697 e. The van der Waals surface area contributed by atoms with Gasteiger partial charge in [-0.2, -0.15) is 0 Å². The fourth-order valence-electron chi connectivity index (χ4n) is 4.79. The highest BCUT2D eigenvalue weighted by Crippen LogP contribution is 2.41. The Morgan fingerprint density at radius 2 is 1.90 bits per heavy atom. The molecular weight excluding hydrogens is 250 g/mol. The van der Waals surface area contributed by atoms with Gasteiger partial charge in [-0.25, -0.2) is 0 Å². The lowest BCUT2D eigenvalue weighted by Gasteiger charge is -2.49. The summed E-state index contributed by atoms with van der Waals surface area (Å²) in [6.45, 7) is 2.54. The van der Waals surface area contributed by atoms with Crippen molar-refractivity contribution in [3.63, 3.8) is 0 Å². The van der Waals surface area contributed by atoms with Crippen LogP contribution in [0.25, 0.3) is 0 Å². The molecule has 3 nitrogen and oxygen atoms in total. The van der Waals surface area contributed by atoms with Gasteiger partial charge in [0.1, 0.15) is 0 Å². The Balaban J connectivity index is 1.65. The van der Waals surface area contributed by atoms with Gasteiger partial charge in [0.05, 0.1) is 5.60 Å². The lowest BCUT2D eigenvalue weighted by atomic mass is 9.77. The van der Waals surface area contributed by atoms with Crippen LogP contribution in [0.15, 0.2) is 0 Å². The average Bonchev–Trinajstić information content (AvgIpc) is 2.49. The van der Waals surface area contributed by atoms with E-state index in [2.05, 4.69) is 4.90 Å². The normalized spacial score (nSPS) is 35.2. The summed E-state index contributed by atoms with van der Waals surface area (Å²) >= 11 is 0. The van der Waals surface area contributed by atoms with Crippen molar-refractivity contribution in [3.05, 3.63) is 0 Å². The summed E-state index contributed by atoms with van der Waals surface area (Å²) < 4.78 is 6.25. The zero-order chi connectivity index (χ0) is 13.8. The molecule has 20 heavy (non-hydrogen) atoms. The Morgan fingerprint density at radius 1 is 1.05 bits per heavy atom. The van der Waals surface area contributed by atoms with E-state index in [-0.39, 0.29) is 5.60 Å². The third-order valence-electron chi connectivity index (χ3n) is 5.84. The molecule has 3 fully saturated rings. The molecule has 1 aliphatic carbocycles. The molecule has 3 aliphatic rings. The van der Waals surface area contributed by atoms with Crippen LogP contribution < -0.4 is 0 Å². The molecule has 0 aromatic carbocycles. The van der Waals surface area contributed by atoms with E-state index in [0.29, 0.717) is 18.7 Å². The zero-order valence-electron chi connectivity index (χ0n) is 12.9. The Bertz CT molecular complexity index is 294. The second kappa shape index (κ2) is 6.76. The fourth-order valence-corrected chi connectivity index (χ4v) is 4.79. The van der Waals surface area contributed by atoms with Crippen molar-refractivity contribution in [2.75, 3.05) is 19.8 Å². The molecule has 116 valence electrons. The van der Waals surface area contributed by atoms with Crippen LogP contribution in [0.5, 0.6) is 0 Å². The number of hydrogen-bond donors (Lipinski definition) is 1. The quantitative estimate of drug-likeness (QED) is 0.863. The number of nitrogens with zero attached hydrogens (tertiary/aromatic N) is 1. The van der Waals surface area contributed by atoms with E-state index >= 15 is 0 Å². The van der Waals surface area contributed by atoms with Crippen molar-refractivity contribution in [3.8, 4) is 0 Å². The lowest BCUT2D eigenvalue weighted by Crippen LogP contribution is -2.54. The first-order chi connectivity index (χ1) is 9.83. The van der Waals surface area contributed by atoms with Gasteiger partial charge in [-0.1, -0.05) is 25.7 Å². The van der Waals surface area contributed by atoms with Crippen LogP contribution in [0, 0.1) is 0 Å². The predicted molar refractivity (Wildman–Crippen MR) is 80.8 cm³/mol. The summed E-state index contributed by atoms with van der Waals surface area (Å²) in [5.41, 5.74) is 0.211. The number of aliphatic hydroxyl groups excluding tert-OH is 1. The van der Waals surface area contributed by atoms with Crippen molar-refractivity contribution < 1.29 is 9.84 Å². The SMILES string of the molecule is OCCC1CCCCN1C1CCOC2(CCCCC2)C1. The van der Waals surface area contributed by atoms with E-state index in [1.807, 2.05) is 0 Å². The number of piperidine rings is 1. The minimum Gasteiger partial charge on any atom is -0.396 e. The molecule has 0 amide bonds. The van der Waals surface area contributed by atoms with Gasteiger partial charge in [0.2, 0.25) is 0 Å². The van der Waals surface area contributed by atoms with Gasteiger partial charge < -0.3 is 9.84 Å². The van der Waals surface area contributed by atoms with E-state index in [1.165, 1.54) is 70.8 Å². The van der Waals surface area contributed by atoms with Gasteiger partial charge in [-0.3, -0.25) is 4.90 Å². The summed E-state index contributed by atoms with van der Waals surface area (Å²) in [4.78, 5) is 2.73. The lowest BCUT2D eigenvalue weighted by molar-refractivity contribution is -0.131. The van der Waals surface area contributed by atoms with Gasteiger partial charge in [0, 0.05) is 25.3 Å². The van der Waals surface area contributed by atoms with E-state index in [4.69, 9.17) is 4.74 Å². The van der Waals surface area contributed by atoms with Crippen molar-refractivity contribution >= 4 is 0 Å². The van der Waals surface area contributed by atoms with Crippen molar-refractivity contribution in [1.82, 2.24) is 4.90 Å². The highest BCUT2D eigenvalue weighted by Gasteiger charge is 2.41. The molecule has 1 saturated carbocycles. The van der Waals surface area contributed by atoms with Gasteiger partial charge in [-0.15, -0.1) is 0 Å². The first-order valence-electron chi connectivity index (χ1n) is 8.84. The second-order valence-electron chi connectivity index (χ2n) is 7.14. The molecule has 3 heteroatoms. The topological polar surface area (TPSA) is 32.7 Å². The predicted octanol–water partition coefficient (Wildman–Crippen LogP) is 3.11. The third kappa shape index (κ3) is 3.20. The smallest absolute Gasteiger partial charge is 0.0697 e. The van der Waals surface area contributed by atoms with Gasteiger partial charge in [-0.05, 0) is 51.5 Å². The summed E-state index contributed by atoms with van der Waals surface area (Å²) in [7, 11) is 0. The molecule has 0 bridgehead atoms. The third-order valence-corrected chi connectivity index (χ3v) is 5.84. The molecule has 3 rings (SSSR count). The summed E-state index contributed by atoms with van der Waals surface area (Å²) in [5.74, 6) is 0. The zero-order valence-corrected chi connectivity index (χ0v) is 12.9. The Hall–Kier alpha value is -0.120. The Kier molecular flexibility index (Phi) is 5.00. The summed E-state index contributed by atoms with van der Waals surface area (Å²) in [6, 6.07) is 1.33. The minimum atomic E-state index is 0.211. The number of hydrogen-bond acceptors (Lipinski definition) is 3. The minimum absolute atomic E-state index is 0.211. The molecule has 2 atom stereocenters. The first-order valence-corrected chi connectivity index (χ1v) is 8.84. The van der Waals surface area contributed by atoms with Crippen LogP contribution in [0.1, 0.15) is 70.6 Å². The van der Waals surface area contributed by atoms with Crippen molar-refractivity contribution in [2.45, 2.75) is 88.3 Å². The van der Waals surface area contributed by atoms with Crippen LogP contribution >= 0.6 is 0 Å². The molecule has 0 radical (unpaired) electrons. The van der Waals surface area contributed by atoms with Crippen LogP contribution in [0.3, 0.4) is 0 Å². The van der Waals surface area contributed by atoms with Crippen molar-refractivity contribution in [1.29, 1.82) is 0 Å². The van der Waals surface area contributed by atoms with Crippen LogP contribution in [0.2, 0.25) is 0 Å². The molecule has 1 spiro atoms. The Morgan fingerprint density at radius 3 is 2.70 bits per heavy atom. The van der Waals surface area contributed by atoms with Crippen LogP contribution in [-0.4, -0.2) is 47.4 Å². The maximum absolute atomic E-state index is 9.33. The monoisotopic (exact) mass is 281 g/mol. The number of likely N-dealkylation sites (tertiary alicyclic amines) is 1. The maximum atomic E-state index is 9.33. The van der Waals surface area contributed by atoms with E-state index in [0.717, 1.165) is 13.0 Å². The molecule has 2 unspecified atom stereocenters. The van der Waals surface area contributed by atoms with Gasteiger partial charge >= 0.3 is 0 Å². The molecule has 2 heterocycles. The summed E-state index contributed by atoms with van der Waals surface area (Å²) in [5, 5.41) is 9.33. The fraction of sp³-hybridized carbons (Fsp3) is 1.00. The number of ether oxygens (including phenoxy) is 1. The van der Waals surface area contributed by atoms with E-state index in [9.17, 15) is 5.11 Å². The molecule has 2 saturated heterocycles. The standard InChI is InChI=1S/C17H31NO2/c19-12-7-15-6-2-5-11-18(15)16-8-13-20-17(14-16)9-3-1-4-10-17/h15-16,19H,1-14H2. The van der Waals surface area contributed by atoms with Crippen LogP contribution in [-0.2, 0) is 4.74 Å². The average molecular weight is 281 g/mol. The van der Waals surface area contributed by atoms with Gasteiger partial charge in [0.25, 0.3) is 0 Å². The van der Waals surface area contributed by atoms with E-state index < -0.39 is 0 Å². The van der Waals surface area contributed by atoms with E-state index in [1.54, 1.807) is 0 Å². The van der Waals surface area contributed by atoms with Crippen LogP contribution in [0.4, 0.5) is 0 Å². The molecule has 0 aromatic rings. The highest BCUT2D eigenvalue weighted by molar-refractivity contribution is 4.95. The first kappa shape index (κ1) is 14.8. The highest BCUT2D eigenvalue weighted by atomic mass is 16.5. The second-order valence-corrected chi connectivity index (χ2v) is 7.14.